The Bertz CT molecular complexity index is 460. The molecule has 0 bridgehead atoms. The summed E-state index contributed by atoms with van der Waals surface area (Å²) in [5.41, 5.74) is 0. The van der Waals surface area contributed by atoms with Crippen molar-refractivity contribution in [3.05, 3.63) is 0 Å². The Balaban J connectivity index is 4.15. The van der Waals surface area contributed by atoms with E-state index >= 15 is 0 Å². The number of hydrogen-bond acceptors (Lipinski definition) is 7. The molecule has 0 spiro atoms. The van der Waals surface area contributed by atoms with Crippen LogP contribution in [0.15, 0.2) is 0 Å². The topological polar surface area (TPSA) is 158 Å². The van der Waals surface area contributed by atoms with Crippen molar-refractivity contribution in [2.45, 2.75) is 18.9 Å². The second-order valence-corrected chi connectivity index (χ2v) is 5.78. The lowest BCUT2D eigenvalue weighted by Crippen LogP contribution is -2.51. The smallest absolute Gasteiger partial charge is 0.315 e. The van der Waals surface area contributed by atoms with Gasteiger partial charge in [0.15, 0.2) is 0 Å². The van der Waals surface area contributed by atoms with Gasteiger partial charge in [-0.05, 0) is 6.42 Å². The van der Waals surface area contributed by atoms with Crippen LogP contribution in [0.3, 0.4) is 0 Å². The highest BCUT2D eigenvalue weighted by molar-refractivity contribution is 7.45. The Hall–Kier alpha value is -1.68. The molecule has 0 saturated carbocycles. The van der Waals surface area contributed by atoms with Gasteiger partial charge in [0.25, 0.3) is 7.82 Å². The van der Waals surface area contributed by atoms with E-state index in [0.717, 1.165) is 7.11 Å². The monoisotopic (exact) mass is 353 g/mol. The van der Waals surface area contributed by atoms with E-state index in [0.29, 0.717) is 0 Å². The first kappa shape index (κ1) is 21.3. The van der Waals surface area contributed by atoms with Crippen LogP contribution in [0.25, 0.3) is 0 Å². The third-order valence-electron chi connectivity index (χ3n) is 2.62. The summed E-state index contributed by atoms with van der Waals surface area (Å²) in [4.78, 5) is 45.4. The molecule has 0 saturated heterocycles. The molecule has 0 fully saturated rings. The molecule has 11 nitrogen and oxygen atoms in total. The van der Waals surface area contributed by atoms with Gasteiger partial charge in [-0.15, -0.1) is 0 Å². The summed E-state index contributed by atoms with van der Waals surface area (Å²) in [7, 11) is -0.499. The fraction of sp³-hybridized carbons (Fsp3) is 0.727. The van der Waals surface area contributed by atoms with Crippen LogP contribution >= 0.6 is 7.82 Å². The summed E-state index contributed by atoms with van der Waals surface area (Å²) in [6, 6.07) is -1.69. The lowest BCUT2D eigenvalue weighted by atomic mass is 10.2. The van der Waals surface area contributed by atoms with E-state index in [9.17, 15) is 23.8 Å². The molecule has 0 rings (SSSR count). The quantitative estimate of drug-likeness (QED) is 0.263. The summed E-state index contributed by atoms with van der Waals surface area (Å²) < 4.78 is 19.4. The molecular weight excluding hydrogens is 331 g/mol. The van der Waals surface area contributed by atoms with Crippen molar-refractivity contribution in [2.24, 2.45) is 0 Å². The lowest BCUT2D eigenvalue weighted by molar-refractivity contribution is -0.222. The van der Waals surface area contributed by atoms with Gasteiger partial charge in [0.1, 0.15) is 6.04 Å². The summed E-state index contributed by atoms with van der Waals surface area (Å²) in [5.74, 6) is -0.919. The largest absolute Gasteiger partial charge is 0.756 e. The van der Waals surface area contributed by atoms with Crippen LogP contribution in [0.5, 0.6) is 0 Å². The van der Waals surface area contributed by atoms with Crippen molar-refractivity contribution < 1.29 is 32.9 Å². The molecule has 0 aliphatic rings. The fourth-order valence-corrected chi connectivity index (χ4v) is 1.84. The normalized spacial score (nSPS) is 14.3. The molecular formula is C11H22N4O7P-. The lowest BCUT2D eigenvalue weighted by Gasteiger charge is -2.20. The Labute approximate surface area is 134 Å². The minimum absolute atomic E-state index is 0.107. The molecule has 0 heterocycles. The molecule has 0 aliphatic carbocycles. The average molecular weight is 353 g/mol. The number of hydrogen-bond donors (Lipinski definition) is 4. The van der Waals surface area contributed by atoms with Crippen molar-refractivity contribution >= 4 is 25.7 Å². The maximum absolute atomic E-state index is 11.6. The first-order valence-corrected chi connectivity index (χ1v) is 8.19. The highest BCUT2D eigenvalue weighted by Crippen LogP contribution is 2.36. The highest BCUT2D eigenvalue weighted by atomic mass is 31.2. The zero-order chi connectivity index (χ0) is 17.9. The van der Waals surface area contributed by atoms with Crippen LogP contribution < -0.4 is 26.2 Å². The summed E-state index contributed by atoms with van der Waals surface area (Å²) in [6.07, 6.45) is 0.00298. The van der Waals surface area contributed by atoms with E-state index in [1.807, 2.05) is 0 Å². The Kier molecular flexibility index (Phi) is 10.1. The van der Waals surface area contributed by atoms with Crippen molar-refractivity contribution in [1.29, 1.82) is 0 Å². The molecule has 2 unspecified atom stereocenters. The van der Waals surface area contributed by atoms with E-state index in [2.05, 4.69) is 30.3 Å². The Morgan fingerprint density at radius 1 is 1.22 bits per heavy atom. The first-order chi connectivity index (χ1) is 10.8. The third-order valence-corrected chi connectivity index (χ3v) is 3.56. The number of rotatable bonds is 10. The fourth-order valence-electron chi connectivity index (χ4n) is 1.38. The van der Waals surface area contributed by atoms with Gasteiger partial charge in [-0.1, -0.05) is 0 Å². The Morgan fingerprint density at radius 3 is 2.39 bits per heavy atom. The molecule has 23 heavy (non-hydrogen) atoms. The van der Waals surface area contributed by atoms with Gasteiger partial charge in [0.2, 0.25) is 11.8 Å². The molecule has 4 N–H and O–H groups in total. The van der Waals surface area contributed by atoms with Crippen molar-refractivity contribution in [3.63, 3.8) is 0 Å². The van der Waals surface area contributed by atoms with Gasteiger partial charge >= 0.3 is 6.03 Å². The number of amides is 4. The molecule has 0 aromatic heterocycles. The molecule has 0 aromatic rings. The van der Waals surface area contributed by atoms with Gasteiger partial charge in [0, 0.05) is 27.7 Å². The van der Waals surface area contributed by atoms with Gasteiger partial charge in [-0.2, -0.15) is 0 Å². The van der Waals surface area contributed by atoms with Crippen LogP contribution in [0.2, 0.25) is 0 Å². The SMILES string of the molecule is CNC(=O)CC(NC(=O)NCCCOP(=O)([O-])OC)C(=O)NC. The van der Waals surface area contributed by atoms with Crippen LogP contribution in [-0.4, -0.2) is 58.2 Å². The molecule has 4 amide bonds. The molecule has 0 radical (unpaired) electrons. The number of nitrogens with one attached hydrogen (secondary N) is 4. The predicted octanol–water partition coefficient (Wildman–Crippen LogP) is -1.94. The van der Waals surface area contributed by atoms with Crippen LogP contribution in [0.4, 0.5) is 4.79 Å². The van der Waals surface area contributed by atoms with E-state index in [-0.39, 0.29) is 26.0 Å². The Morgan fingerprint density at radius 2 is 1.87 bits per heavy atom. The second kappa shape index (κ2) is 10.9. The minimum Gasteiger partial charge on any atom is -0.756 e. The maximum Gasteiger partial charge on any atom is 0.315 e. The zero-order valence-corrected chi connectivity index (χ0v) is 14.1. The van der Waals surface area contributed by atoms with Crippen molar-refractivity contribution in [3.8, 4) is 0 Å². The standard InChI is InChI=1S/C11H23N4O7P/c1-12-9(16)7-8(10(17)13-2)15-11(18)14-5-4-6-22-23(19,20)21-3/h8H,4-7H2,1-3H3,(H,12,16)(H,13,17)(H,19,20)(H2,14,15,18)/p-1. The highest BCUT2D eigenvalue weighted by Gasteiger charge is 2.22. The van der Waals surface area contributed by atoms with Crippen molar-refractivity contribution in [1.82, 2.24) is 21.3 Å². The van der Waals surface area contributed by atoms with Gasteiger partial charge in [-0.3, -0.25) is 14.2 Å². The van der Waals surface area contributed by atoms with Crippen LogP contribution in [0.1, 0.15) is 12.8 Å². The van der Waals surface area contributed by atoms with E-state index in [1.54, 1.807) is 0 Å². The van der Waals surface area contributed by atoms with Gasteiger partial charge in [0.05, 0.1) is 13.0 Å². The number of carbonyl (C=O) groups excluding carboxylic acids is 3. The second-order valence-electron chi connectivity index (χ2n) is 4.26. The number of carbonyl (C=O) groups is 3. The number of likely N-dealkylation sites (N-methyl/N-ethyl adjacent to an activating group) is 1. The van der Waals surface area contributed by atoms with Crippen molar-refractivity contribution in [2.75, 3.05) is 34.4 Å². The summed E-state index contributed by atoms with van der Waals surface area (Å²) in [5, 5.41) is 9.45. The van der Waals surface area contributed by atoms with E-state index in [4.69, 9.17) is 0 Å². The van der Waals surface area contributed by atoms with E-state index in [1.165, 1.54) is 14.1 Å². The maximum atomic E-state index is 11.6. The summed E-state index contributed by atoms with van der Waals surface area (Å²) >= 11 is 0. The number of phosphoric ester groups is 1. The average Bonchev–Trinajstić information content (AvgIpc) is 2.52. The van der Waals surface area contributed by atoms with Crippen LogP contribution in [0, 0.1) is 0 Å². The van der Waals surface area contributed by atoms with Gasteiger partial charge in [-0.25, -0.2) is 4.79 Å². The molecule has 0 aromatic carbocycles. The zero-order valence-electron chi connectivity index (χ0n) is 13.2. The number of urea groups is 1. The summed E-state index contributed by atoms with van der Waals surface area (Å²) in [6.45, 7) is -0.0536. The third kappa shape index (κ3) is 9.84. The predicted molar refractivity (Wildman–Crippen MR) is 78.3 cm³/mol. The van der Waals surface area contributed by atoms with Crippen LogP contribution in [-0.2, 0) is 23.2 Å². The molecule has 134 valence electrons. The minimum atomic E-state index is -4.27. The van der Waals surface area contributed by atoms with E-state index < -0.39 is 31.7 Å². The number of phosphoric acid groups is 1. The first-order valence-electron chi connectivity index (χ1n) is 6.73. The molecule has 2 atom stereocenters. The molecule has 0 aliphatic heterocycles. The van der Waals surface area contributed by atoms with Gasteiger partial charge < -0.3 is 35.2 Å². The molecule has 12 heteroatoms.